The Morgan fingerprint density at radius 1 is 1.08 bits per heavy atom. The average Bonchev–Trinajstić information content (AvgIpc) is 2.55. The van der Waals surface area contributed by atoms with E-state index in [1.807, 2.05) is 55.5 Å². The number of esters is 1. The van der Waals surface area contributed by atoms with Gasteiger partial charge in [0, 0.05) is 6.92 Å². The fraction of sp³-hybridized carbons (Fsp3) is 0.364. The highest BCUT2D eigenvalue weighted by atomic mass is 16.5. The molecule has 1 amide bonds. The second-order valence-electron chi connectivity index (χ2n) is 7.57. The lowest BCUT2D eigenvalue weighted by Crippen LogP contribution is -2.29. The Morgan fingerprint density at radius 3 is 2.27 bits per heavy atom. The van der Waals surface area contributed by atoms with Gasteiger partial charge in [0.25, 0.3) is 0 Å². The van der Waals surface area contributed by atoms with Crippen LogP contribution in [-0.4, -0.2) is 11.9 Å². The zero-order chi connectivity index (χ0) is 19.3. The summed E-state index contributed by atoms with van der Waals surface area (Å²) in [5.41, 5.74) is 3.02. The second kappa shape index (κ2) is 8.17. The van der Waals surface area contributed by atoms with E-state index in [0.717, 1.165) is 11.1 Å². The number of ether oxygens (including phenoxy) is 1. The Bertz CT molecular complexity index is 776. The van der Waals surface area contributed by atoms with Crippen molar-refractivity contribution in [3.05, 3.63) is 65.2 Å². The molecule has 0 aliphatic rings. The highest BCUT2D eigenvalue weighted by molar-refractivity contribution is 5.77. The van der Waals surface area contributed by atoms with E-state index >= 15 is 0 Å². The molecule has 2 aromatic carbocycles. The van der Waals surface area contributed by atoms with Gasteiger partial charge in [0.2, 0.25) is 5.91 Å². The standard InChI is InChI=1S/C22H27NO3/c1-15-13-18(22(3,4)5)11-12-20(15)26-21(25)14-19(23-16(2)24)17-9-7-6-8-10-17/h6-13,19H,14H2,1-5H3,(H,23,24)/t19-/m1/s1. The number of amides is 1. The summed E-state index contributed by atoms with van der Waals surface area (Å²) in [6.45, 7) is 9.80. The number of nitrogens with one attached hydrogen (secondary N) is 1. The fourth-order valence-corrected chi connectivity index (χ4v) is 2.74. The summed E-state index contributed by atoms with van der Waals surface area (Å²) in [5, 5.41) is 2.82. The number of benzene rings is 2. The molecule has 0 spiro atoms. The Morgan fingerprint density at radius 2 is 1.73 bits per heavy atom. The zero-order valence-electron chi connectivity index (χ0n) is 16.1. The van der Waals surface area contributed by atoms with Crippen LogP contribution < -0.4 is 10.1 Å². The van der Waals surface area contributed by atoms with E-state index in [4.69, 9.17) is 4.74 Å². The Balaban J connectivity index is 2.12. The van der Waals surface area contributed by atoms with Crippen LogP contribution in [0.3, 0.4) is 0 Å². The predicted octanol–water partition coefficient (Wildman–Crippen LogP) is 4.47. The minimum Gasteiger partial charge on any atom is -0.426 e. The van der Waals surface area contributed by atoms with Crippen molar-refractivity contribution < 1.29 is 14.3 Å². The van der Waals surface area contributed by atoms with Crippen molar-refractivity contribution in [3.8, 4) is 5.75 Å². The molecule has 1 N–H and O–H groups in total. The second-order valence-corrected chi connectivity index (χ2v) is 7.57. The van der Waals surface area contributed by atoms with Crippen LogP contribution in [0.15, 0.2) is 48.5 Å². The molecule has 0 saturated heterocycles. The summed E-state index contributed by atoms with van der Waals surface area (Å²) in [6.07, 6.45) is 0.0735. The molecule has 2 aromatic rings. The monoisotopic (exact) mass is 353 g/mol. The van der Waals surface area contributed by atoms with Crippen LogP contribution in [0, 0.1) is 6.92 Å². The fourth-order valence-electron chi connectivity index (χ4n) is 2.74. The van der Waals surface area contributed by atoms with Gasteiger partial charge in [0.05, 0.1) is 12.5 Å². The van der Waals surface area contributed by atoms with Crippen molar-refractivity contribution in [1.82, 2.24) is 5.32 Å². The van der Waals surface area contributed by atoms with Crippen molar-refractivity contribution in [3.63, 3.8) is 0 Å². The Kier molecular flexibility index (Phi) is 6.19. The molecular weight excluding hydrogens is 326 g/mol. The molecular formula is C22H27NO3. The maximum absolute atomic E-state index is 12.4. The van der Waals surface area contributed by atoms with Crippen LogP contribution in [0.1, 0.15) is 56.8 Å². The lowest BCUT2D eigenvalue weighted by molar-refractivity contribution is -0.135. The maximum Gasteiger partial charge on any atom is 0.313 e. The van der Waals surface area contributed by atoms with E-state index in [2.05, 4.69) is 26.1 Å². The number of rotatable bonds is 5. The lowest BCUT2D eigenvalue weighted by Gasteiger charge is -2.21. The molecule has 26 heavy (non-hydrogen) atoms. The molecule has 138 valence electrons. The summed E-state index contributed by atoms with van der Waals surface area (Å²) in [4.78, 5) is 23.9. The highest BCUT2D eigenvalue weighted by Crippen LogP contribution is 2.28. The number of hydrogen-bond acceptors (Lipinski definition) is 3. The van der Waals surface area contributed by atoms with Gasteiger partial charge in [-0.25, -0.2) is 0 Å². The molecule has 0 aromatic heterocycles. The molecule has 0 radical (unpaired) electrons. The number of hydrogen-bond donors (Lipinski definition) is 1. The van der Waals surface area contributed by atoms with Gasteiger partial charge in [-0.05, 0) is 35.1 Å². The van der Waals surface area contributed by atoms with Crippen molar-refractivity contribution in [2.24, 2.45) is 0 Å². The molecule has 0 aliphatic carbocycles. The topological polar surface area (TPSA) is 55.4 Å². The van der Waals surface area contributed by atoms with Crippen LogP contribution in [0.5, 0.6) is 5.75 Å². The molecule has 0 heterocycles. The van der Waals surface area contributed by atoms with Crippen molar-refractivity contribution in [2.75, 3.05) is 0 Å². The van der Waals surface area contributed by atoms with Crippen LogP contribution in [0.4, 0.5) is 0 Å². The van der Waals surface area contributed by atoms with Crippen LogP contribution >= 0.6 is 0 Å². The molecule has 0 unspecified atom stereocenters. The first-order valence-electron chi connectivity index (χ1n) is 8.80. The first kappa shape index (κ1) is 19.7. The van der Waals surface area contributed by atoms with Crippen LogP contribution in [-0.2, 0) is 15.0 Å². The van der Waals surface area contributed by atoms with E-state index in [9.17, 15) is 9.59 Å². The summed E-state index contributed by atoms with van der Waals surface area (Å²) in [7, 11) is 0. The average molecular weight is 353 g/mol. The summed E-state index contributed by atoms with van der Waals surface area (Å²) in [5.74, 6) is -0.00536. The quantitative estimate of drug-likeness (QED) is 0.637. The van der Waals surface area contributed by atoms with E-state index in [-0.39, 0.29) is 23.7 Å². The number of carbonyl (C=O) groups is 2. The SMILES string of the molecule is CC(=O)N[C@H](CC(=O)Oc1ccc(C(C)(C)C)cc1C)c1ccccc1. The third-order valence-electron chi connectivity index (χ3n) is 4.21. The molecule has 0 saturated carbocycles. The maximum atomic E-state index is 12.4. The summed E-state index contributed by atoms with van der Waals surface area (Å²) >= 11 is 0. The molecule has 2 rings (SSSR count). The van der Waals surface area contributed by atoms with Crippen molar-refractivity contribution in [1.29, 1.82) is 0 Å². The van der Waals surface area contributed by atoms with Crippen molar-refractivity contribution >= 4 is 11.9 Å². The van der Waals surface area contributed by atoms with Gasteiger partial charge >= 0.3 is 5.97 Å². The number of carbonyl (C=O) groups excluding carboxylic acids is 2. The van der Waals surface area contributed by atoms with E-state index in [1.165, 1.54) is 12.5 Å². The normalized spacial score (nSPS) is 12.3. The largest absolute Gasteiger partial charge is 0.426 e. The van der Waals surface area contributed by atoms with Crippen LogP contribution in [0.2, 0.25) is 0 Å². The zero-order valence-corrected chi connectivity index (χ0v) is 16.1. The molecule has 4 nitrogen and oxygen atoms in total. The van der Waals surface area contributed by atoms with Gasteiger partial charge in [-0.2, -0.15) is 0 Å². The van der Waals surface area contributed by atoms with E-state index < -0.39 is 6.04 Å². The first-order valence-corrected chi connectivity index (χ1v) is 8.80. The van der Waals surface area contributed by atoms with Gasteiger partial charge in [-0.3, -0.25) is 9.59 Å². The molecule has 0 aliphatic heterocycles. The van der Waals surface area contributed by atoms with E-state index in [0.29, 0.717) is 5.75 Å². The molecule has 0 bridgehead atoms. The third-order valence-corrected chi connectivity index (χ3v) is 4.21. The van der Waals surface area contributed by atoms with Gasteiger partial charge < -0.3 is 10.1 Å². The van der Waals surface area contributed by atoms with Crippen molar-refractivity contribution in [2.45, 2.75) is 52.5 Å². The van der Waals surface area contributed by atoms with E-state index in [1.54, 1.807) is 0 Å². The van der Waals surface area contributed by atoms with Gasteiger partial charge in [-0.15, -0.1) is 0 Å². The summed E-state index contributed by atoms with van der Waals surface area (Å²) in [6, 6.07) is 14.9. The third kappa shape index (κ3) is 5.45. The van der Waals surface area contributed by atoms with Crippen LogP contribution in [0.25, 0.3) is 0 Å². The summed E-state index contributed by atoms with van der Waals surface area (Å²) < 4.78 is 5.56. The Labute approximate surface area is 155 Å². The van der Waals surface area contributed by atoms with Gasteiger partial charge in [0.15, 0.2) is 0 Å². The Hall–Kier alpha value is -2.62. The lowest BCUT2D eigenvalue weighted by atomic mass is 9.86. The molecule has 0 fully saturated rings. The minimum atomic E-state index is -0.407. The van der Waals surface area contributed by atoms with Gasteiger partial charge in [-0.1, -0.05) is 63.2 Å². The smallest absolute Gasteiger partial charge is 0.313 e. The number of aryl methyl sites for hydroxylation is 1. The molecule has 4 heteroatoms. The minimum absolute atomic E-state index is 0.0388. The highest BCUT2D eigenvalue weighted by Gasteiger charge is 2.20. The van der Waals surface area contributed by atoms with Gasteiger partial charge in [0.1, 0.15) is 5.75 Å². The predicted molar refractivity (Wildman–Crippen MR) is 103 cm³/mol. The molecule has 1 atom stereocenters. The first-order chi connectivity index (χ1) is 12.2.